The molecule has 1 aliphatic heterocycles. The lowest BCUT2D eigenvalue weighted by Gasteiger charge is -2.35. The molecule has 8 nitrogen and oxygen atoms in total. The van der Waals surface area contributed by atoms with E-state index in [0.717, 1.165) is 5.56 Å². The van der Waals surface area contributed by atoms with Crippen LogP contribution in [0.5, 0.6) is 0 Å². The first kappa shape index (κ1) is 29.6. The molecule has 11 heteroatoms. The second-order valence-corrected chi connectivity index (χ2v) is 11.4. The predicted molar refractivity (Wildman–Crippen MR) is 166 cm³/mol. The van der Waals surface area contributed by atoms with E-state index < -0.39 is 0 Å². The standard InChI is InChI=1S/C31H28Cl3N5O3/c1-17-13-24-27(16-38(17)29(41)21-9-12-25(33)26(34)15-21)37-31(36-18(2)20-5-4-6-22(32)14-20)39(30(24)42)23-10-7-19(8-11-23)28(40)35-3/h4-12,14-15,17-18H,13,16H2,1-3H3,(H,35,40)(H,36,37)/t17-,18+/m1/s1. The summed E-state index contributed by atoms with van der Waals surface area (Å²) in [6, 6.07) is 18.4. The summed E-state index contributed by atoms with van der Waals surface area (Å²) in [4.78, 5) is 46.3. The van der Waals surface area contributed by atoms with Crippen molar-refractivity contribution in [3.05, 3.63) is 120 Å². The first-order chi connectivity index (χ1) is 20.1. The first-order valence-electron chi connectivity index (χ1n) is 13.3. The Morgan fingerprint density at radius 3 is 2.36 bits per heavy atom. The van der Waals surface area contributed by atoms with Gasteiger partial charge in [-0.2, -0.15) is 0 Å². The first-order valence-corrected chi connectivity index (χ1v) is 14.5. The highest BCUT2D eigenvalue weighted by Gasteiger charge is 2.32. The number of carbonyl (C=O) groups is 2. The van der Waals surface area contributed by atoms with Crippen LogP contribution in [0.2, 0.25) is 15.1 Å². The smallest absolute Gasteiger partial charge is 0.263 e. The predicted octanol–water partition coefficient (Wildman–Crippen LogP) is 6.31. The number of anilines is 1. The molecule has 2 heterocycles. The van der Waals surface area contributed by atoms with Crippen LogP contribution in [0.4, 0.5) is 5.95 Å². The summed E-state index contributed by atoms with van der Waals surface area (Å²) in [6.45, 7) is 3.98. The van der Waals surface area contributed by atoms with Gasteiger partial charge in [-0.05, 0) is 80.4 Å². The summed E-state index contributed by atoms with van der Waals surface area (Å²) in [5.41, 5.74) is 3.10. The lowest BCUT2D eigenvalue weighted by atomic mass is 9.98. The molecule has 1 aliphatic rings. The topological polar surface area (TPSA) is 96.3 Å². The molecule has 0 saturated heterocycles. The molecule has 2 N–H and O–H groups in total. The molecule has 216 valence electrons. The number of rotatable bonds is 6. The molecule has 4 aromatic rings. The average molecular weight is 625 g/mol. The van der Waals surface area contributed by atoms with Gasteiger partial charge in [-0.25, -0.2) is 9.55 Å². The van der Waals surface area contributed by atoms with Gasteiger partial charge < -0.3 is 15.5 Å². The molecule has 1 aromatic heterocycles. The minimum absolute atomic E-state index is 0.140. The summed E-state index contributed by atoms with van der Waals surface area (Å²) < 4.78 is 1.51. The van der Waals surface area contributed by atoms with E-state index in [0.29, 0.717) is 50.5 Å². The van der Waals surface area contributed by atoms with E-state index in [-0.39, 0.29) is 41.0 Å². The number of amides is 2. The van der Waals surface area contributed by atoms with E-state index in [4.69, 9.17) is 39.8 Å². The van der Waals surface area contributed by atoms with Crippen LogP contribution in [-0.2, 0) is 13.0 Å². The highest BCUT2D eigenvalue weighted by Crippen LogP contribution is 2.29. The van der Waals surface area contributed by atoms with E-state index in [1.54, 1.807) is 60.5 Å². The Morgan fingerprint density at radius 1 is 0.976 bits per heavy atom. The van der Waals surface area contributed by atoms with Crippen LogP contribution in [-0.4, -0.2) is 39.4 Å². The maximum Gasteiger partial charge on any atom is 0.263 e. The highest BCUT2D eigenvalue weighted by atomic mass is 35.5. The van der Waals surface area contributed by atoms with E-state index >= 15 is 0 Å². The second kappa shape index (κ2) is 12.2. The summed E-state index contributed by atoms with van der Waals surface area (Å²) in [5, 5.41) is 7.21. The van der Waals surface area contributed by atoms with Crippen molar-refractivity contribution in [2.24, 2.45) is 0 Å². The zero-order chi connectivity index (χ0) is 30.1. The van der Waals surface area contributed by atoms with Crippen molar-refractivity contribution in [2.45, 2.75) is 38.9 Å². The largest absolute Gasteiger partial charge is 0.355 e. The zero-order valence-electron chi connectivity index (χ0n) is 23.1. The molecule has 0 radical (unpaired) electrons. The van der Waals surface area contributed by atoms with Crippen LogP contribution in [0.1, 0.15) is 57.4 Å². The van der Waals surface area contributed by atoms with E-state index in [1.807, 2.05) is 32.0 Å². The van der Waals surface area contributed by atoms with Crippen LogP contribution in [0.25, 0.3) is 5.69 Å². The van der Waals surface area contributed by atoms with Crippen LogP contribution < -0.4 is 16.2 Å². The molecule has 3 aromatic carbocycles. The summed E-state index contributed by atoms with van der Waals surface area (Å²) in [7, 11) is 1.56. The molecule has 5 rings (SSSR count). The number of halogens is 3. The number of fused-ring (bicyclic) bond motifs is 1. The maximum absolute atomic E-state index is 14.1. The fraction of sp³-hybridized carbons (Fsp3) is 0.226. The molecular formula is C31H28Cl3N5O3. The minimum Gasteiger partial charge on any atom is -0.355 e. The number of nitrogens with zero attached hydrogens (tertiary/aromatic N) is 3. The van der Waals surface area contributed by atoms with Gasteiger partial charge in [0.1, 0.15) is 0 Å². The van der Waals surface area contributed by atoms with Gasteiger partial charge in [0.15, 0.2) is 0 Å². The SMILES string of the molecule is CNC(=O)c1ccc(-n2c(N[C@@H](C)c3cccc(Cl)c3)nc3c(c2=O)C[C@@H](C)N(C(=O)c2ccc(Cl)c(Cl)c2)C3)cc1. The Hall–Kier alpha value is -3.85. The molecule has 2 amide bonds. The molecular weight excluding hydrogens is 597 g/mol. The minimum atomic E-state index is -0.276. The normalized spacial score (nSPS) is 15.1. The van der Waals surface area contributed by atoms with Crippen molar-refractivity contribution in [3.63, 3.8) is 0 Å². The lowest BCUT2D eigenvalue weighted by Crippen LogP contribution is -2.46. The monoisotopic (exact) mass is 623 g/mol. The van der Waals surface area contributed by atoms with Crippen molar-refractivity contribution < 1.29 is 9.59 Å². The Morgan fingerprint density at radius 2 is 1.69 bits per heavy atom. The molecule has 2 atom stereocenters. The molecule has 0 fully saturated rings. The third-order valence-electron chi connectivity index (χ3n) is 7.35. The Kier molecular flexibility index (Phi) is 8.59. The Bertz CT molecular complexity index is 1740. The number of aromatic nitrogens is 2. The van der Waals surface area contributed by atoms with Gasteiger partial charge in [0.05, 0.1) is 34.0 Å². The van der Waals surface area contributed by atoms with Crippen LogP contribution >= 0.6 is 34.8 Å². The molecule has 0 bridgehead atoms. The van der Waals surface area contributed by atoms with Gasteiger partial charge in [-0.1, -0.05) is 46.9 Å². The van der Waals surface area contributed by atoms with Gasteiger partial charge >= 0.3 is 0 Å². The average Bonchev–Trinajstić information content (AvgIpc) is 2.98. The molecule has 0 spiro atoms. The number of nitrogens with one attached hydrogen (secondary N) is 2. The number of hydrogen-bond donors (Lipinski definition) is 2. The molecule has 0 aliphatic carbocycles. The van der Waals surface area contributed by atoms with Crippen LogP contribution in [0.15, 0.2) is 71.5 Å². The quantitative estimate of drug-likeness (QED) is 0.262. The van der Waals surface area contributed by atoms with E-state index in [2.05, 4.69) is 10.6 Å². The van der Waals surface area contributed by atoms with Gasteiger partial charge in [0, 0.05) is 34.8 Å². The van der Waals surface area contributed by atoms with Crippen molar-refractivity contribution in [1.82, 2.24) is 19.8 Å². The van der Waals surface area contributed by atoms with Crippen molar-refractivity contribution in [1.29, 1.82) is 0 Å². The van der Waals surface area contributed by atoms with E-state index in [1.165, 1.54) is 4.57 Å². The summed E-state index contributed by atoms with van der Waals surface area (Å²) >= 11 is 18.5. The summed E-state index contributed by atoms with van der Waals surface area (Å²) in [6.07, 6.45) is 0.314. The Balaban J connectivity index is 1.58. The number of benzene rings is 3. The maximum atomic E-state index is 14.1. The third-order valence-corrected chi connectivity index (χ3v) is 8.32. The number of carbonyl (C=O) groups excluding carboxylic acids is 2. The second-order valence-electron chi connectivity index (χ2n) is 10.2. The van der Waals surface area contributed by atoms with Crippen LogP contribution in [0.3, 0.4) is 0 Å². The fourth-order valence-corrected chi connectivity index (χ4v) is 5.52. The van der Waals surface area contributed by atoms with Crippen molar-refractivity contribution >= 4 is 52.6 Å². The van der Waals surface area contributed by atoms with Gasteiger partial charge in [0.25, 0.3) is 17.4 Å². The molecule has 42 heavy (non-hydrogen) atoms. The summed E-state index contributed by atoms with van der Waals surface area (Å²) in [5.74, 6) is -0.161. The van der Waals surface area contributed by atoms with E-state index in [9.17, 15) is 14.4 Å². The van der Waals surface area contributed by atoms with Gasteiger partial charge in [-0.15, -0.1) is 0 Å². The lowest BCUT2D eigenvalue weighted by molar-refractivity contribution is 0.0653. The van der Waals surface area contributed by atoms with Crippen molar-refractivity contribution in [3.8, 4) is 5.69 Å². The van der Waals surface area contributed by atoms with Gasteiger partial charge in [0.2, 0.25) is 5.95 Å². The van der Waals surface area contributed by atoms with Crippen molar-refractivity contribution in [2.75, 3.05) is 12.4 Å². The van der Waals surface area contributed by atoms with Crippen LogP contribution in [0, 0.1) is 0 Å². The molecule has 0 saturated carbocycles. The molecule has 0 unspecified atom stereocenters. The Labute approximate surface area is 258 Å². The third kappa shape index (κ3) is 5.88. The fourth-order valence-electron chi connectivity index (χ4n) is 5.02. The number of hydrogen-bond acceptors (Lipinski definition) is 5. The highest BCUT2D eigenvalue weighted by molar-refractivity contribution is 6.42. The van der Waals surface area contributed by atoms with Gasteiger partial charge in [-0.3, -0.25) is 14.4 Å². The zero-order valence-corrected chi connectivity index (χ0v) is 25.4.